The van der Waals surface area contributed by atoms with Crippen LogP contribution in [-0.2, 0) is 15.5 Å². The van der Waals surface area contributed by atoms with Gasteiger partial charge in [0.2, 0.25) is 5.88 Å². The quantitative estimate of drug-likeness (QED) is 0.656. The van der Waals surface area contributed by atoms with Crippen molar-refractivity contribution in [2.45, 2.75) is 29.9 Å². The van der Waals surface area contributed by atoms with Crippen molar-refractivity contribution >= 4 is 16.7 Å². The maximum absolute atomic E-state index is 12.9. The number of aromatic nitrogens is 1. The van der Waals surface area contributed by atoms with Crippen LogP contribution in [-0.4, -0.2) is 28.4 Å². The zero-order valence-corrected chi connectivity index (χ0v) is 14.9. The Morgan fingerprint density at radius 2 is 2.04 bits per heavy atom. The van der Waals surface area contributed by atoms with Gasteiger partial charge in [0, 0.05) is 18.0 Å². The summed E-state index contributed by atoms with van der Waals surface area (Å²) in [4.78, 5) is 5.04. The molecule has 1 N–H and O–H groups in total. The molecule has 0 bridgehead atoms. The topological polar surface area (TPSA) is 77.5 Å². The second kappa shape index (κ2) is 8.13. The fourth-order valence-electron chi connectivity index (χ4n) is 2.28. The Morgan fingerprint density at radius 3 is 2.72 bits per heavy atom. The molecule has 0 saturated carbocycles. The molecule has 2 atom stereocenters. The molecule has 0 aliphatic carbocycles. The summed E-state index contributed by atoms with van der Waals surface area (Å²) in [6.07, 6.45) is 1.53. The van der Waals surface area contributed by atoms with Crippen molar-refractivity contribution in [2.24, 2.45) is 0 Å². The number of anilines is 1. The predicted molar refractivity (Wildman–Crippen MR) is 94.9 cm³/mol. The first kappa shape index (κ1) is 17.4. The van der Waals surface area contributed by atoms with Crippen LogP contribution in [0.15, 0.2) is 67.5 Å². The van der Waals surface area contributed by atoms with Crippen LogP contribution in [0.3, 0.4) is 0 Å². The molecule has 3 aromatic rings. The molecular formula is C18H20N2O4S. The molecule has 2 heterocycles. The van der Waals surface area contributed by atoms with Crippen LogP contribution in [0.1, 0.15) is 13.8 Å². The highest BCUT2D eigenvalue weighted by Crippen LogP contribution is 2.30. The van der Waals surface area contributed by atoms with E-state index in [9.17, 15) is 4.21 Å². The summed E-state index contributed by atoms with van der Waals surface area (Å²) in [6, 6.07) is 12.6. The number of nitrogens with one attached hydrogen (secondary N) is 1. The van der Waals surface area contributed by atoms with Crippen molar-refractivity contribution in [1.82, 2.24) is 4.98 Å². The highest BCUT2D eigenvalue weighted by atomic mass is 32.2. The van der Waals surface area contributed by atoms with Gasteiger partial charge in [0.05, 0.1) is 12.4 Å². The molecule has 132 valence electrons. The van der Waals surface area contributed by atoms with Crippen LogP contribution in [0.2, 0.25) is 0 Å². The Labute approximate surface area is 148 Å². The van der Waals surface area contributed by atoms with Gasteiger partial charge in [-0.15, -0.1) is 0 Å². The number of furan rings is 1. The highest BCUT2D eigenvalue weighted by Gasteiger charge is 2.22. The minimum absolute atomic E-state index is 0.0137. The van der Waals surface area contributed by atoms with Crippen LogP contribution < -0.4 is 5.32 Å². The number of nitrogens with zero attached hydrogens (tertiary/aromatic N) is 1. The summed E-state index contributed by atoms with van der Waals surface area (Å²) < 4.78 is 29.5. The predicted octanol–water partition coefficient (Wildman–Crippen LogP) is 3.94. The Balaban J connectivity index is 1.90. The Morgan fingerprint density at radius 1 is 1.24 bits per heavy atom. The van der Waals surface area contributed by atoms with E-state index >= 15 is 0 Å². The van der Waals surface area contributed by atoms with Crippen LogP contribution >= 0.6 is 0 Å². The summed E-state index contributed by atoms with van der Waals surface area (Å²) in [5, 5.41) is 3.48. The molecule has 0 fully saturated rings. The molecule has 25 heavy (non-hydrogen) atoms. The van der Waals surface area contributed by atoms with E-state index in [0.29, 0.717) is 34.7 Å². The van der Waals surface area contributed by atoms with Gasteiger partial charge in [0.15, 0.2) is 10.8 Å². The third-order valence-corrected chi connectivity index (χ3v) is 4.79. The lowest BCUT2D eigenvalue weighted by molar-refractivity contribution is 0.0852. The molecule has 1 aromatic carbocycles. The van der Waals surface area contributed by atoms with Crippen LogP contribution in [0.5, 0.6) is 0 Å². The van der Waals surface area contributed by atoms with E-state index in [2.05, 4.69) is 10.3 Å². The lowest BCUT2D eigenvalue weighted by Gasteiger charge is -2.12. The highest BCUT2D eigenvalue weighted by molar-refractivity contribution is 7.85. The van der Waals surface area contributed by atoms with E-state index in [1.807, 2.05) is 32.0 Å². The van der Waals surface area contributed by atoms with Gasteiger partial charge < -0.3 is 18.9 Å². The van der Waals surface area contributed by atoms with Crippen molar-refractivity contribution in [2.75, 3.05) is 18.5 Å². The van der Waals surface area contributed by atoms with Crippen LogP contribution in [0.4, 0.5) is 5.88 Å². The monoisotopic (exact) mass is 360 g/mol. The van der Waals surface area contributed by atoms with E-state index in [1.54, 1.807) is 24.3 Å². The van der Waals surface area contributed by atoms with Crippen molar-refractivity contribution in [1.29, 1.82) is 0 Å². The van der Waals surface area contributed by atoms with Gasteiger partial charge >= 0.3 is 0 Å². The number of hydrogen-bond donors (Lipinski definition) is 1. The van der Waals surface area contributed by atoms with Gasteiger partial charge in [-0.25, -0.2) is 4.21 Å². The SMILES string of the molecule is CCOC(C)CNc1oc(-c2ccco2)nc1S(=O)c1ccccc1. The molecule has 0 spiro atoms. The van der Waals surface area contributed by atoms with Gasteiger partial charge in [0.1, 0.15) is 10.8 Å². The average Bonchev–Trinajstić information content (AvgIpc) is 3.30. The van der Waals surface area contributed by atoms with Gasteiger partial charge in [-0.05, 0) is 38.1 Å². The fraction of sp³-hybridized carbons (Fsp3) is 0.278. The molecule has 7 heteroatoms. The zero-order chi connectivity index (χ0) is 17.6. The van der Waals surface area contributed by atoms with Gasteiger partial charge in [-0.3, -0.25) is 0 Å². The summed E-state index contributed by atoms with van der Waals surface area (Å²) in [5.74, 6) is 1.13. The first-order valence-corrected chi connectivity index (χ1v) is 9.21. The van der Waals surface area contributed by atoms with Crippen molar-refractivity contribution < 1.29 is 17.8 Å². The maximum Gasteiger partial charge on any atom is 0.265 e. The van der Waals surface area contributed by atoms with Crippen LogP contribution in [0, 0.1) is 0 Å². The first-order chi connectivity index (χ1) is 12.2. The standard InChI is InChI=1S/C18H20N2O4S/c1-3-22-13(2)12-19-17-18(25(21)14-8-5-4-6-9-14)20-16(24-17)15-10-7-11-23-15/h4-11,13,19H,3,12H2,1-2H3. The lowest BCUT2D eigenvalue weighted by atomic mass is 10.4. The molecule has 2 aromatic heterocycles. The lowest BCUT2D eigenvalue weighted by Crippen LogP contribution is -2.20. The number of oxazole rings is 1. The van der Waals surface area contributed by atoms with E-state index < -0.39 is 10.8 Å². The van der Waals surface area contributed by atoms with Crippen molar-refractivity contribution in [3.05, 3.63) is 48.7 Å². The Kier molecular flexibility index (Phi) is 5.67. The molecule has 2 unspecified atom stereocenters. The normalized spacial score (nSPS) is 13.5. The molecule has 0 saturated heterocycles. The summed E-state index contributed by atoms with van der Waals surface area (Å²) in [6.45, 7) is 5.03. The largest absolute Gasteiger partial charge is 0.459 e. The number of hydrogen-bond acceptors (Lipinski definition) is 6. The third kappa shape index (κ3) is 4.18. The van der Waals surface area contributed by atoms with Crippen molar-refractivity contribution in [3.63, 3.8) is 0 Å². The van der Waals surface area contributed by atoms with Gasteiger partial charge in [-0.1, -0.05) is 18.2 Å². The number of rotatable bonds is 8. The minimum Gasteiger partial charge on any atom is -0.459 e. The van der Waals surface area contributed by atoms with Crippen LogP contribution in [0.25, 0.3) is 11.7 Å². The molecule has 0 amide bonds. The second-order valence-electron chi connectivity index (χ2n) is 5.36. The molecule has 6 nitrogen and oxygen atoms in total. The van der Waals surface area contributed by atoms with Gasteiger partial charge in [0.25, 0.3) is 5.89 Å². The average molecular weight is 360 g/mol. The molecular weight excluding hydrogens is 340 g/mol. The number of benzene rings is 1. The summed E-state index contributed by atoms with van der Waals surface area (Å²) in [7, 11) is -1.47. The third-order valence-electron chi connectivity index (χ3n) is 3.46. The molecule has 3 rings (SSSR count). The molecule has 0 aliphatic rings. The molecule has 0 radical (unpaired) electrons. The summed E-state index contributed by atoms with van der Waals surface area (Å²) in [5.41, 5.74) is 0. The maximum atomic E-state index is 12.9. The second-order valence-corrected chi connectivity index (χ2v) is 6.75. The Hall–Kier alpha value is -2.38. The summed E-state index contributed by atoms with van der Waals surface area (Å²) >= 11 is 0. The van der Waals surface area contributed by atoms with E-state index in [0.717, 1.165) is 0 Å². The fourth-order valence-corrected chi connectivity index (χ4v) is 3.36. The molecule has 0 aliphatic heterocycles. The van der Waals surface area contributed by atoms with Crippen molar-refractivity contribution in [3.8, 4) is 11.7 Å². The minimum atomic E-state index is -1.47. The van der Waals surface area contributed by atoms with E-state index in [-0.39, 0.29) is 12.0 Å². The van der Waals surface area contributed by atoms with E-state index in [1.165, 1.54) is 6.26 Å². The van der Waals surface area contributed by atoms with Gasteiger partial charge in [-0.2, -0.15) is 4.98 Å². The Bertz CT molecular complexity index is 815. The zero-order valence-electron chi connectivity index (χ0n) is 14.1. The smallest absolute Gasteiger partial charge is 0.265 e. The first-order valence-electron chi connectivity index (χ1n) is 8.06. The number of ether oxygens (including phenoxy) is 1. The van der Waals surface area contributed by atoms with E-state index in [4.69, 9.17) is 13.6 Å².